The van der Waals surface area contributed by atoms with Crippen molar-refractivity contribution in [2.24, 2.45) is 0 Å². The van der Waals surface area contributed by atoms with Gasteiger partial charge < -0.3 is 14.4 Å². The Balaban J connectivity index is 2.44. The number of nitrogens with zero attached hydrogens (tertiary/aromatic N) is 3. The van der Waals surface area contributed by atoms with Gasteiger partial charge in [0.15, 0.2) is 0 Å². The molecule has 0 spiro atoms. The van der Waals surface area contributed by atoms with E-state index in [1.807, 2.05) is 32.8 Å². The van der Waals surface area contributed by atoms with Gasteiger partial charge >= 0.3 is 5.97 Å². The number of aryl methyl sites for hydroxylation is 2. The van der Waals surface area contributed by atoms with Crippen LogP contribution in [0.2, 0.25) is 0 Å². The first kappa shape index (κ1) is 18.6. The molecular weight excluding hydrogens is 330 g/mol. The van der Waals surface area contributed by atoms with Gasteiger partial charge in [0.25, 0.3) is 5.56 Å². The van der Waals surface area contributed by atoms with Crippen molar-refractivity contribution in [3.8, 4) is 0 Å². The van der Waals surface area contributed by atoms with Gasteiger partial charge in [0.05, 0.1) is 18.5 Å². The molecule has 132 valence electrons. The molecular formula is C16H23N3O4S. The van der Waals surface area contributed by atoms with Crippen molar-refractivity contribution >= 4 is 27.5 Å². The second-order valence-electron chi connectivity index (χ2n) is 5.83. The number of carbonyl (C=O) groups is 1. The van der Waals surface area contributed by atoms with E-state index in [9.17, 15) is 9.59 Å². The Labute approximate surface area is 144 Å². The summed E-state index contributed by atoms with van der Waals surface area (Å²) in [6.07, 6.45) is 0. The topological polar surface area (TPSA) is 73.7 Å². The molecule has 2 aromatic heterocycles. The molecule has 0 saturated carbocycles. The molecule has 0 fully saturated rings. The van der Waals surface area contributed by atoms with E-state index < -0.39 is 5.97 Å². The summed E-state index contributed by atoms with van der Waals surface area (Å²) in [5, 5.41) is 0.588. The fourth-order valence-electron chi connectivity index (χ4n) is 2.35. The van der Waals surface area contributed by atoms with Crippen molar-refractivity contribution in [1.29, 1.82) is 0 Å². The largest absolute Gasteiger partial charge is 0.462 e. The Morgan fingerprint density at radius 3 is 2.62 bits per heavy atom. The molecule has 0 aliphatic rings. The Hall–Kier alpha value is -1.77. The average molecular weight is 353 g/mol. The summed E-state index contributed by atoms with van der Waals surface area (Å²) in [6, 6.07) is 0. The fourth-order valence-corrected chi connectivity index (χ4v) is 3.39. The predicted octanol–water partition coefficient (Wildman–Crippen LogP) is 1.33. The lowest BCUT2D eigenvalue weighted by Gasteiger charge is -2.15. The van der Waals surface area contributed by atoms with Crippen molar-refractivity contribution in [3.63, 3.8) is 0 Å². The first-order valence-electron chi connectivity index (χ1n) is 7.63. The van der Waals surface area contributed by atoms with Crippen LogP contribution in [0.25, 0.3) is 10.2 Å². The van der Waals surface area contributed by atoms with E-state index in [0.29, 0.717) is 24.4 Å². The van der Waals surface area contributed by atoms with Crippen LogP contribution in [0.5, 0.6) is 0 Å². The number of hydrogen-bond donors (Lipinski definition) is 0. The number of hydrogen-bond acceptors (Lipinski definition) is 7. The number of carbonyl (C=O) groups excluding carboxylic acids is 1. The van der Waals surface area contributed by atoms with Crippen LogP contribution in [-0.4, -0.2) is 54.8 Å². The zero-order chi connectivity index (χ0) is 17.9. The lowest BCUT2D eigenvalue weighted by Crippen LogP contribution is -2.31. The summed E-state index contributed by atoms with van der Waals surface area (Å²) in [4.78, 5) is 33.2. The Kier molecular flexibility index (Phi) is 6.09. The molecule has 0 unspecified atom stereocenters. The van der Waals surface area contributed by atoms with E-state index in [-0.39, 0.29) is 18.7 Å². The molecule has 0 saturated heterocycles. The summed E-state index contributed by atoms with van der Waals surface area (Å²) in [7, 11) is 5.32. The highest BCUT2D eigenvalue weighted by molar-refractivity contribution is 7.18. The molecule has 0 radical (unpaired) electrons. The average Bonchev–Trinajstić information content (AvgIpc) is 2.78. The van der Waals surface area contributed by atoms with Gasteiger partial charge in [-0.15, -0.1) is 11.3 Å². The summed E-state index contributed by atoms with van der Waals surface area (Å²) < 4.78 is 11.4. The van der Waals surface area contributed by atoms with Gasteiger partial charge in [-0.25, -0.2) is 4.98 Å². The van der Waals surface area contributed by atoms with Gasteiger partial charge in [-0.05, 0) is 33.5 Å². The maximum absolute atomic E-state index is 12.9. The standard InChI is InChI=1S/C16H23N3O4S/c1-10-11(2)24-15-14(10)16(21)19(12(17-15)8-18(3)4)9-13(20)23-7-6-22-5/h6-9H2,1-5H3. The zero-order valence-corrected chi connectivity index (χ0v) is 15.5. The predicted molar refractivity (Wildman–Crippen MR) is 93.6 cm³/mol. The van der Waals surface area contributed by atoms with Crippen LogP contribution in [0.3, 0.4) is 0 Å². The second kappa shape index (κ2) is 7.87. The lowest BCUT2D eigenvalue weighted by molar-refractivity contribution is -0.145. The molecule has 2 rings (SSSR count). The number of methoxy groups -OCH3 is 1. The molecule has 0 aliphatic heterocycles. The molecule has 0 N–H and O–H groups in total. The highest BCUT2D eigenvalue weighted by atomic mass is 32.1. The SMILES string of the molecule is COCCOC(=O)Cn1c(CN(C)C)nc2sc(C)c(C)c2c1=O. The molecule has 8 heteroatoms. The molecule has 7 nitrogen and oxygen atoms in total. The quantitative estimate of drug-likeness (QED) is 0.552. The van der Waals surface area contributed by atoms with E-state index in [1.165, 1.54) is 23.0 Å². The fraction of sp³-hybridized carbons (Fsp3) is 0.562. The molecule has 0 aromatic carbocycles. The molecule has 0 aliphatic carbocycles. The molecule has 2 heterocycles. The number of fused-ring (bicyclic) bond motifs is 1. The number of rotatable bonds is 7. The first-order chi connectivity index (χ1) is 11.3. The smallest absolute Gasteiger partial charge is 0.326 e. The van der Waals surface area contributed by atoms with E-state index in [1.54, 1.807) is 0 Å². The molecule has 0 bridgehead atoms. The summed E-state index contributed by atoms with van der Waals surface area (Å²) >= 11 is 1.50. The summed E-state index contributed by atoms with van der Waals surface area (Å²) in [5.74, 6) is 0.0855. The van der Waals surface area contributed by atoms with Crippen molar-refractivity contribution in [2.75, 3.05) is 34.4 Å². The normalized spacial score (nSPS) is 11.4. The molecule has 0 atom stereocenters. The van der Waals surface area contributed by atoms with Crippen LogP contribution in [-0.2, 0) is 27.4 Å². The van der Waals surface area contributed by atoms with Crippen LogP contribution in [0.4, 0.5) is 0 Å². The Bertz CT molecular complexity index is 795. The van der Waals surface area contributed by atoms with Crippen LogP contribution in [0, 0.1) is 13.8 Å². The Morgan fingerprint density at radius 1 is 1.29 bits per heavy atom. The number of thiophene rings is 1. The highest BCUT2D eigenvalue weighted by Gasteiger charge is 2.19. The minimum Gasteiger partial charge on any atom is -0.462 e. The third kappa shape index (κ3) is 4.00. The van der Waals surface area contributed by atoms with Gasteiger partial charge in [0.1, 0.15) is 23.8 Å². The minimum atomic E-state index is -0.472. The van der Waals surface area contributed by atoms with E-state index in [4.69, 9.17) is 9.47 Å². The van der Waals surface area contributed by atoms with Gasteiger partial charge in [-0.1, -0.05) is 0 Å². The Morgan fingerprint density at radius 2 is 2.00 bits per heavy atom. The molecule has 0 amide bonds. The minimum absolute atomic E-state index is 0.150. The van der Waals surface area contributed by atoms with E-state index >= 15 is 0 Å². The lowest BCUT2D eigenvalue weighted by atomic mass is 10.2. The first-order valence-corrected chi connectivity index (χ1v) is 8.45. The van der Waals surface area contributed by atoms with Gasteiger partial charge in [-0.3, -0.25) is 14.2 Å². The van der Waals surface area contributed by atoms with Crippen molar-refractivity contribution < 1.29 is 14.3 Å². The molecule has 2 aromatic rings. The van der Waals surface area contributed by atoms with Crippen LogP contribution < -0.4 is 5.56 Å². The van der Waals surface area contributed by atoms with Crippen molar-refractivity contribution in [3.05, 3.63) is 26.6 Å². The van der Waals surface area contributed by atoms with E-state index in [0.717, 1.165) is 15.3 Å². The maximum Gasteiger partial charge on any atom is 0.326 e. The van der Waals surface area contributed by atoms with Crippen LogP contribution in [0.15, 0.2) is 4.79 Å². The number of esters is 1. The van der Waals surface area contributed by atoms with Gasteiger partial charge in [-0.2, -0.15) is 0 Å². The highest BCUT2D eigenvalue weighted by Crippen LogP contribution is 2.26. The zero-order valence-electron chi connectivity index (χ0n) is 14.7. The van der Waals surface area contributed by atoms with Crippen LogP contribution in [0.1, 0.15) is 16.3 Å². The number of ether oxygens (including phenoxy) is 2. The summed E-state index contributed by atoms with van der Waals surface area (Å²) in [5.41, 5.74) is 0.729. The second-order valence-corrected chi connectivity index (χ2v) is 7.04. The third-order valence-electron chi connectivity index (χ3n) is 3.66. The maximum atomic E-state index is 12.9. The van der Waals surface area contributed by atoms with Gasteiger partial charge in [0.2, 0.25) is 0 Å². The monoisotopic (exact) mass is 353 g/mol. The van der Waals surface area contributed by atoms with Crippen LogP contribution >= 0.6 is 11.3 Å². The molecule has 24 heavy (non-hydrogen) atoms. The van der Waals surface area contributed by atoms with Crippen molar-refractivity contribution in [1.82, 2.24) is 14.5 Å². The number of aromatic nitrogens is 2. The summed E-state index contributed by atoms with van der Waals surface area (Å²) in [6.45, 7) is 4.68. The van der Waals surface area contributed by atoms with E-state index in [2.05, 4.69) is 4.98 Å². The van der Waals surface area contributed by atoms with Crippen molar-refractivity contribution in [2.45, 2.75) is 26.9 Å². The third-order valence-corrected chi connectivity index (χ3v) is 4.76. The van der Waals surface area contributed by atoms with Gasteiger partial charge in [0, 0.05) is 12.0 Å².